The highest BCUT2D eigenvalue weighted by Gasteiger charge is 2.27. The summed E-state index contributed by atoms with van der Waals surface area (Å²) in [4.78, 5) is 7.52. The first-order valence-electron chi connectivity index (χ1n) is 4.15. The highest BCUT2D eigenvalue weighted by molar-refractivity contribution is 5.36. The Balaban J connectivity index is 2.28. The Morgan fingerprint density at radius 1 is 1.64 bits per heavy atom. The lowest BCUT2D eigenvalue weighted by Crippen LogP contribution is -1.89. The van der Waals surface area contributed by atoms with Gasteiger partial charge in [-0.05, 0) is 19.3 Å². The van der Waals surface area contributed by atoms with E-state index in [1.54, 1.807) is 0 Å². The van der Waals surface area contributed by atoms with Gasteiger partial charge in [0, 0.05) is 5.92 Å². The van der Waals surface area contributed by atoms with Crippen molar-refractivity contribution in [3.63, 3.8) is 0 Å². The second-order valence-corrected chi connectivity index (χ2v) is 3.11. The zero-order valence-electron chi connectivity index (χ0n) is 6.72. The van der Waals surface area contributed by atoms with Gasteiger partial charge in [-0.3, -0.25) is 0 Å². The molecule has 3 N–H and O–H groups in total. The van der Waals surface area contributed by atoms with Crippen LogP contribution in [0.1, 0.15) is 37.2 Å². The molecule has 0 spiro atoms. The molecule has 1 aliphatic rings. The maximum Gasteiger partial charge on any atom is 0.145 e. The van der Waals surface area contributed by atoms with Crippen LogP contribution in [-0.2, 0) is 6.42 Å². The molecule has 1 heterocycles. The summed E-state index contributed by atoms with van der Waals surface area (Å²) >= 11 is 0. The van der Waals surface area contributed by atoms with Gasteiger partial charge in [0.05, 0.1) is 5.69 Å². The van der Waals surface area contributed by atoms with E-state index in [-0.39, 0.29) is 0 Å². The molecule has 0 bridgehead atoms. The number of hydrogen-bond donors (Lipinski definition) is 2. The average Bonchev–Trinajstić information content (AvgIpc) is 2.76. The first kappa shape index (κ1) is 6.70. The molecule has 1 saturated carbocycles. The summed E-state index contributed by atoms with van der Waals surface area (Å²) in [6.45, 7) is 2.08. The Kier molecular flexibility index (Phi) is 1.37. The minimum absolute atomic E-state index is 0.678. The van der Waals surface area contributed by atoms with Gasteiger partial charge in [-0.15, -0.1) is 0 Å². The van der Waals surface area contributed by atoms with Crippen molar-refractivity contribution >= 4 is 5.82 Å². The van der Waals surface area contributed by atoms with E-state index in [1.165, 1.54) is 12.8 Å². The predicted octanol–water partition coefficient (Wildman–Crippen LogP) is 1.43. The summed E-state index contributed by atoms with van der Waals surface area (Å²) in [6.07, 6.45) is 3.50. The van der Waals surface area contributed by atoms with Crippen molar-refractivity contribution in [2.24, 2.45) is 0 Å². The fraction of sp³-hybridized carbons (Fsp3) is 0.625. The second kappa shape index (κ2) is 2.26. The van der Waals surface area contributed by atoms with Crippen molar-refractivity contribution < 1.29 is 0 Å². The SMILES string of the molecule is CCc1[nH]c(C2CC2)nc1N. The largest absolute Gasteiger partial charge is 0.382 e. The van der Waals surface area contributed by atoms with Crippen molar-refractivity contribution in [2.45, 2.75) is 32.1 Å². The molecule has 0 aromatic carbocycles. The molecule has 60 valence electrons. The van der Waals surface area contributed by atoms with Gasteiger partial charge in [-0.2, -0.15) is 0 Å². The summed E-state index contributed by atoms with van der Waals surface area (Å²) in [7, 11) is 0. The van der Waals surface area contributed by atoms with Gasteiger partial charge in [-0.25, -0.2) is 4.98 Å². The number of aromatic nitrogens is 2. The van der Waals surface area contributed by atoms with E-state index in [2.05, 4.69) is 16.9 Å². The number of aryl methyl sites for hydroxylation is 1. The van der Waals surface area contributed by atoms with Crippen LogP contribution in [0.25, 0.3) is 0 Å². The highest BCUT2D eigenvalue weighted by Crippen LogP contribution is 2.38. The molecule has 1 aromatic rings. The lowest BCUT2D eigenvalue weighted by atomic mass is 10.3. The van der Waals surface area contributed by atoms with Crippen LogP contribution >= 0.6 is 0 Å². The lowest BCUT2D eigenvalue weighted by Gasteiger charge is -1.88. The van der Waals surface area contributed by atoms with Gasteiger partial charge in [-0.1, -0.05) is 6.92 Å². The van der Waals surface area contributed by atoms with Crippen LogP contribution in [0.3, 0.4) is 0 Å². The highest BCUT2D eigenvalue weighted by atomic mass is 15.0. The molecule has 0 atom stereocenters. The molecular formula is C8H13N3. The van der Waals surface area contributed by atoms with Crippen LogP contribution in [0.5, 0.6) is 0 Å². The predicted molar refractivity (Wildman–Crippen MR) is 44.4 cm³/mol. The number of aromatic amines is 1. The molecule has 3 heteroatoms. The molecule has 0 unspecified atom stereocenters. The Morgan fingerprint density at radius 3 is 2.82 bits per heavy atom. The number of nitrogens with one attached hydrogen (secondary N) is 1. The first-order chi connectivity index (χ1) is 5.31. The second-order valence-electron chi connectivity index (χ2n) is 3.11. The topological polar surface area (TPSA) is 54.7 Å². The molecule has 2 rings (SSSR count). The number of hydrogen-bond acceptors (Lipinski definition) is 2. The fourth-order valence-corrected chi connectivity index (χ4v) is 1.26. The van der Waals surface area contributed by atoms with Gasteiger partial charge in [0.2, 0.25) is 0 Å². The molecule has 0 saturated heterocycles. The smallest absolute Gasteiger partial charge is 0.145 e. The van der Waals surface area contributed by atoms with E-state index >= 15 is 0 Å². The normalized spacial score (nSPS) is 17.2. The summed E-state index contributed by atoms with van der Waals surface area (Å²) < 4.78 is 0. The summed E-state index contributed by atoms with van der Waals surface area (Å²) in [6, 6.07) is 0. The molecule has 1 aliphatic carbocycles. The number of H-pyrrole nitrogens is 1. The van der Waals surface area contributed by atoms with Gasteiger partial charge in [0.15, 0.2) is 0 Å². The number of nitrogen functional groups attached to an aromatic ring is 1. The van der Waals surface area contributed by atoms with Crippen LogP contribution in [-0.4, -0.2) is 9.97 Å². The molecule has 0 amide bonds. The molecule has 0 radical (unpaired) electrons. The molecule has 0 aliphatic heterocycles. The lowest BCUT2D eigenvalue weighted by molar-refractivity contribution is 0.951. The third kappa shape index (κ3) is 1.11. The third-order valence-corrected chi connectivity index (χ3v) is 2.15. The Hall–Kier alpha value is -0.990. The summed E-state index contributed by atoms with van der Waals surface area (Å²) in [5, 5.41) is 0. The zero-order chi connectivity index (χ0) is 7.84. The molecule has 3 nitrogen and oxygen atoms in total. The Bertz CT molecular complexity index is 260. The number of imidazole rings is 1. The quantitative estimate of drug-likeness (QED) is 0.671. The van der Waals surface area contributed by atoms with E-state index < -0.39 is 0 Å². The van der Waals surface area contributed by atoms with Crippen molar-refractivity contribution in [2.75, 3.05) is 5.73 Å². The van der Waals surface area contributed by atoms with Crippen molar-refractivity contribution in [3.05, 3.63) is 11.5 Å². The molecule has 1 fully saturated rings. The van der Waals surface area contributed by atoms with E-state index in [1.807, 2.05) is 0 Å². The van der Waals surface area contributed by atoms with Crippen LogP contribution in [0.2, 0.25) is 0 Å². The van der Waals surface area contributed by atoms with E-state index in [0.29, 0.717) is 11.7 Å². The van der Waals surface area contributed by atoms with Gasteiger partial charge in [0.1, 0.15) is 11.6 Å². The Morgan fingerprint density at radius 2 is 2.36 bits per heavy atom. The standard InChI is InChI=1S/C8H13N3/c1-2-6-7(9)11-8(10-6)5-3-4-5/h5H,2-4,9H2,1H3,(H,10,11). The monoisotopic (exact) mass is 151 g/mol. The van der Waals surface area contributed by atoms with Gasteiger partial charge >= 0.3 is 0 Å². The van der Waals surface area contributed by atoms with Gasteiger partial charge in [0.25, 0.3) is 0 Å². The van der Waals surface area contributed by atoms with Gasteiger partial charge < -0.3 is 10.7 Å². The molecule has 1 aromatic heterocycles. The number of rotatable bonds is 2. The van der Waals surface area contributed by atoms with Crippen LogP contribution in [0.15, 0.2) is 0 Å². The van der Waals surface area contributed by atoms with Crippen LogP contribution in [0, 0.1) is 0 Å². The van der Waals surface area contributed by atoms with E-state index in [9.17, 15) is 0 Å². The summed E-state index contributed by atoms with van der Waals surface area (Å²) in [5.74, 6) is 2.46. The van der Waals surface area contributed by atoms with Crippen molar-refractivity contribution in [3.8, 4) is 0 Å². The first-order valence-corrected chi connectivity index (χ1v) is 4.15. The fourth-order valence-electron chi connectivity index (χ4n) is 1.26. The maximum absolute atomic E-state index is 5.68. The zero-order valence-corrected chi connectivity index (χ0v) is 6.72. The van der Waals surface area contributed by atoms with Crippen LogP contribution < -0.4 is 5.73 Å². The minimum atomic E-state index is 0.678. The average molecular weight is 151 g/mol. The number of anilines is 1. The molecule has 11 heavy (non-hydrogen) atoms. The Labute approximate surface area is 66.0 Å². The van der Waals surface area contributed by atoms with Crippen molar-refractivity contribution in [1.29, 1.82) is 0 Å². The minimum Gasteiger partial charge on any atom is -0.382 e. The number of nitrogens with zero attached hydrogens (tertiary/aromatic N) is 1. The van der Waals surface area contributed by atoms with E-state index in [0.717, 1.165) is 17.9 Å². The number of nitrogens with two attached hydrogens (primary N) is 1. The van der Waals surface area contributed by atoms with E-state index in [4.69, 9.17) is 5.73 Å². The van der Waals surface area contributed by atoms with Crippen molar-refractivity contribution in [1.82, 2.24) is 9.97 Å². The maximum atomic E-state index is 5.68. The summed E-state index contributed by atoms with van der Waals surface area (Å²) in [5.41, 5.74) is 6.76. The molecular weight excluding hydrogens is 138 g/mol. The van der Waals surface area contributed by atoms with Crippen LogP contribution in [0.4, 0.5) is 5.82 Å². The third-order valence-electron chi connectivity index (χ3n) is 2.15.